The van der Waals surface area contributed by atoms with Crippen LogP contribution in [0.25, 0.3) is 0 Å². The van der Waals surface area contributed by atoms with E-state index in [9.17, 15) is 17.6 Å². The van der Waals surface area contributed by atoms with E-state index >= 15 is 0 Å². The zero-order valence-corrected chi connectivity index (χ0v) is 15.4. The lowest BCUT2D eigenvalue weighted by atomic mass is 10.2. The first kappa shape index (κ1) is 18.0. The molecule has 9 heteroatoms. The molecule has 3 rings (SSSR count). The highest BCUT2D eigenvalue weighted by Crippen LogP contribution is 2.34. The second-order valence-electron chi connectivity index (χ2n) is 5.59. The molecule has 0 saturated carbocycles. The van der Waals surface area contributed by atoms with Gasteiger partial charge in [-0.3, -0.25) is 9.52 Å². The van der Waals surface area contributed by atoms with Gasteiger partial charge in [0.05, 0.1) is 21.3 Å². The molecule has 0 radical (unpaired) electrons. The molecule has 0 spiro atoms. The van der Waals surface area contributed by atoms with Crippen molar-refractivity contribution in [3.8, 4) is 0 Å². The van der Waals surface area contributed by atoms with Crippen LogP contribution in [-0.4, -0.2) is 20.1 Å². The van der Waals surface area contributed by atoms with Gasteiger partial charge >= 0.3 is 0 Å². The van der Waals surface area contributed by atoms with Gasteiger partial charge in [-0.05, 0) is 36.4 Å². The van der Waals surface area contributed by atoms with Crippen molar-refractivity contribution >= 4 is 50.7 Å². The van der Waals surface area contributed by atoms with Gasteiger partial charge in [-0.1, -0.05) is 18.5 Å². The summed E-state index contributed by atoms with van der Waals surface area (Å²) < 4.78 is 40.6. The Hall–Kier alpha value is -1.77. The summed E-state index contributed by atoms with van der Waals surface area (Å²) in [5.41, 5.74) is 0.525. The van der Waals surface area contributed by atoms with E-state index in [-0.39, 0.29) is 27.4 Å². The summed E-state index contributed by atoms with van der Waals surface area (Å²) >= 11 is 7.36. The third kappa shape index (κ3) is 3.91. The molecule has 2 aromatic rings. The predicted octanol–water partition coefficient (Wildman–Crippen LogP) is 3.96. The Bertz CT molecular complexity index is 950. The normalized spacial score (nSPS) is 17.4. The van der Waals surface area contributed by atoms with Crippen LogP contribution >= 0.6 is 23.4 Å². The van der Waals surface area contributed by atoms with E-state index in [1.54, 1.807) is 6.07 Å². The Morgan fingerprint density at radius 3 is 2.76 bits per heavy atom. The molecular weight excluding hydrogens is 387 g/mol. The number of thioether (sulfide) groups is 1. The predicted molar refractivity (Wildman–Crippen MR) is 97.2 cm³/mol. The molecule has 1 aliphatic rings. The number of carbonyl (C=O) groups is 1. The first-order valence-electron chi connectivity index (χ1n) is 7.32. The third-order valence-corrected chi connectivity index (χ3v) is 6.64. The summed E-state index contributed by atoms with van der Waals surface area (Å²) in [6, 6.07) is 7.89. The monoisotopic (exact) mass is 400 g/mol. The topological polar surface area (TPSA) is 75.3 Å². The van der Waals surface area contributed by atoms with E-state index in [0.717, 1.165) is 17.0 Å². The van der Waals surface area contributed by atoms with E-state index < -0.39 is 15.8 Å². The van der Waals surface area contributed by atoms with Gasteiger partial charge < -0.3 is 5.32 Å². The molecule has 25 heavy (non-hydrogen) atoms. The highest BCUT2D eigenvalue weighted by molar-refractivity contribution is 7.99. The Kier molecular flexibility index (Phi) is 4.95. The number of anilines is 2. The number of halogens is 2. The minimum Gasteiger partial charge on any atom is -0.325 e. The van der Waals surface area contributed by atoms with Gasteiger partial charge in [-0.15, -0.1) is 11.8 Å². The minimum absolute atomic E-state index is 0.0258. The van der Waals surface area contributed by atoms with Crippen molar-refractivity contribution < 1.29 is 17.6 Å². The van der Waals surface area contributed by atoms with Crippen molar-refractivity contribution in [2.24, 2.45) is 5.92 Å². The largest absolute Gasteiger partial charge is 0.325 e. The summed E-state index contributed by atoms with van der Waals surface area (Å²) in [5, 5.41) is 2.69. The smallest absolute Gasteiger partial charge is 0.262 e. The number of rotatable bonds is 3. The van der Waals surface area contributed by atoms with Crippen LogP contribution in [-0.2, 0) is 14.8 Å². The fraction of sp³-hybridized carbons (Fsp3) is 0.188. The summed E-state index contributed by atoms with van der Waals surface area (Å²) in [7, 11) is -3.94. The maximum atomic E-state index is 13.1. The van der Waals surface area contributed by atoms with Gasteiger partial charge in [0.1, 0.15) is 5.82 Å². The van der Waals surface area contributed by atoms with Gasteiger partial charge in [-0.25, -0.2) is 12.8 Å². The lowest BCUT2D eigenvalue weighted by molar-refractivity contribution is -0.118. The van der Waals surface area contributed by atoms with Crippen molar-refractivity contribution in [3.05, 3.63) is 47.2 Å². The molecule has 0 fully saturated rings. The van der Waals surface area contributed by atoms with Gasteiger partial charge in [0.25, 0.3) is 10.0 Å². The first-order chi connectivity index (χ1) is 11.8. The number of nitrogens with one attached hydrogen (secondary N) is 2. The Morgan fingerprint density at radius 1 is 1.28 bits per heavy atom. The summed E-state index contributed by atoms with van der Waals surface area (Å²) in [5.74, 6) is -0.273. The highest BCUT2D eigenvalue weighted by Gasteiger charge is 2.23. The van der Waals surface area contributed by atoms with E-state index in [0.29, 0.717) is 11.4 Å². The number of benzene rings is 2. The molecule has 2 N–H and O–H groups in total. The van der Waals surface area contributed by atoms with Crippen molar-refractivity contribution in [3.63, 3.8) is 0 Å². The van der Waals surface area contributed by atoms with E-state index in [2.05, 4.69) is 10.0 Å². The fourth-order valence-corrected chi connectivity index (χ4v) is 4.61. The maximum absolute atomic E-state index is 13.1. The lowest BCUT2D eigenvalue weighted by Crippen LogP contribution is -2.20. The number of fused-ring (bicyclic) bond motifs is 1. The number of carbonyl (C=O) groups excluding carboxylic acids is 1. The molecule has 5 nitrogen and oxygen atoms in total. The summed E-state index contributed by atoms with van der Waals surface area (Å²) in [6.45, 7) is 1.81. The molecular formula is C16H14ClFN2O3S2. The standard InChI is InChI=1S/C16H14ClFN2O3S2/c1-9-8-24-15-5-3-11(7-14(15)19-16(9)21)25(22,23)20-13-4-2-10(18)6-12(13)17/h2-7,9,20H,8H2,1H3,(H,19,21). The maximum Gasteiger partial charge on any atom is 0.262 e. The molecule has 1 atom stereocenters. The highest BCUT2D eigenvalue weighted by atomic mass is 35.5. The second-order valence-corrected chi connectivity index (χ2v) is 8.74. The molecule has 1 unspecified atom stereocenters. The molecule has 2 aromatic carbocycles. The number of hydrogen-bond acceptors (Lipinski definition) is 4. The number of sulfonamides is 1. The Balaban J connectivity index is 1.93. The molecule has 0 saturated heterocycles. The molecule has 1 aliphatic heterocycles. The quantitative estimate of drug-likeness (QED) is 0.817. The van der Waals surface area contributed by atoms with Gasteiger partial charge in [-0.2, -0.15) is 0 Å². The zero-order valence-electron chi connectivity index (χ0n) is 13.0. The summed E-state index contributed by atoms with van der Waals surface area (Å²) in [6.07, 6.45) is 0. The average molecular weight is 401 g/mol. The Morgan fingerprint density at radius 2 is 2.04 bits per heavy atom. The molecule has 1 heterocycles. The molecule has 0 aromatic heterocycles. The van der Waals surface area contributed by atoms with Gasteiger partial charge in [0.2, 0.25) is 5.91 Å². The van der Waals surface area contributed by atoms with E-state index in [1.807, 2.05) is 6.92 Å². The fourth-order valence-electron chi connectivity index (χ4n) is 2.22. The van der Waals surface area contributed by atoms with Crippen LogP contribution in [0.15, 0.2) is 46.2 Å². The minimum atomic E-state index is -3.94. The van der Waals surface area contributed by atoms with Crippen LogP contribution in [0.4, 0.5) is 15.8 Å². The SMILES string of the molecule is CC1CSc2ccc(S(=O)(=O)Nc3ccc(F)cc3Cl)cc2NC1=O. The van der Waals surface area contributed by atoms with Crippen molar-refractivity contribution in [1.82, 2.24) is 0 Å². The van der Waals surface area contributed by atoms with Crippen molar-refractivity contribution in [1.29, 1.82) is 0 Å². The first-order valence-corrected chi connectivity index (χ1v) is 10.2. The van der Waals surface area contributed by atoms with Crippen molar-refractivity contribution in [2.45, 2.75) is 16.7 Å². The molecule has 1 amide bonds. The number of hydrogen-bond donors (Lipinski definition) is 2. The second kappa shape index (κ2) is 6.86. The van der Waals surface area contributed by atoms with Crippen LogP contribution < -0.4 is 10.0 Å². The molecule has 0 aliphatic carbocycles. The summed E-state index contributed by atoms with van der Waals surface area (Å²) in [4.78, 5) is 12.7. The van der Waals surface area contributed by atoms with E-state index in [1.165, 1.54) is 30.0 Å². The zero-order chi connectivity index (χ0) is 18.2. The van der Waals surface area contributed by atoms with Crippen LogP contribution in [0.2, 0.25) is 5.02 Å². The van der Waals surface area contributed by atoms with Crippen LogP contribution in [0, 0.1) is 11.7 Å². The lowest BCUT2D eigenvalue weighted by Gasteiger charge is -2.12. The Labute approximate surface area is 154 Å². The van der Waals surface area contributed by atoms with Gasteiger partial charge in [0, 0.05) is 16.6 Å². The van der Waals surface area contributed by atoms with Crippen LogP contribution in [0.3, 0.4) is 0 Å². The third-order valence-electron chi connectivity index (χ3n) is 3.63. The van der Waals surface area contributed by atoms with Crippen molar-refractivity contribution in [2.75, 3.05) is 15.8 Å². The van der Waals surface area contributed by atoms with Crippen LogP contribution in [0.5, 0.6) is 0 Å². The van der Waals surface area contributed by atoms with Crippen LogP contribution in [0.1, 0.15) is 6.92 Å². The molecule has 0 bridgehead atoms. The molecule has 132 valence electrons. The average Bonchev–Trinajstić information content (AvgIpc) is 2.69. The van der Waals surface area contributed by atoms with Gasteiger partial charge in [0.15, 0.2) is 0 Å². The van der Waals surface area contributed by atoms with E-state index in [4.69, 9.17) is 11.6 Å². The number of amides is 1.